The number of alkyl halides is 3. The highest BCUT2D eigenvalue weighted by molar-refractivity contribution is 7.98. The van der Waals surface area contributed by atoms with Crippen LogP contribution in [0.15, 0.2) is 48.8 Å². The van der Waals surface area contributed by atoms with Gasteiger partial charge in [0.2, 0.25) is 0 Å². The van der Waals surface area contributed by atoms with E-state index in [4.69, 9.17) is 0 Å². The first-order valence-electron chi connectivity index (χ1n) is 10.1. The molecule has 4 aromatic rings. The van der Waals surface area contributed by atoms with E-state index in [-0.39, 0.29) is 17.8 Å². The van der Waals surface area contributed by atoms with Gasteiger partial charge in [-0.05, 0) is 49.6 Å². The minimum Gasteiger partial charge on any atom is -0.342 e. The zero-order chi connectivity index (χ0) is 23.6. The Labute approximate surface area is 191 Å². The average Bonchev–Trinajstić information content (AvgIpc) is 3.39. The van der Waals surface area contributed by atoms with Crippen molar-refractivity contribution >= 4 is 28.7 Å². The molecule has 0 fully saturated rings. The average molecular weight is 475 g/mol. The van der Waals surface area contributed by atoms with E-state index in [1.165, 1.54) is 16.9 Å². The third kappa shape index (κ3) is 4.87. The van der Waals surface area contributed by atoms with Crippen molar-refractivity contribution < 1.29 is 18.0 Å². The van der Waals surface area contributed by atoms with Crippen molar-refractivity contribution in [2.45, 2.75) is 25.6 Å². The number of benzene rings is 1. The Morgan fingerprint density at radius 1 is 1.21 bits per heavy atom. The highest BCUT2D eigenvalue weighted by Gasteiger charge is 2.31. The molecule has 11 heteroatoms. The van der Waals surface area contributed by atoms with Crippen LogP contribution < -0.4 is 5.32 Å². The molecule has 0 saturated carbocycles. The summed E-state index contributed by atoms with van der Waals surface area (Å²) >= 11 is 1.66. The van der Waals surface area contributed by atoms with Gasteiger partial charge in [-0.1, -0.05) is 12.1 Å². The van der Waals surface area contributed by atoms with E-state index < -0.39 is 11.7 Å². The molecule has 1 amide bonds. The van der Waals surface area contributed by atoms with Crippen LogP contribution in [0.5, 0.6) is 0 Å². The van der Waals surface area contributed by atoms with E-state index in [0.717, 1.165) is 29.0 Å². The van der Waals surface area contributed by atoms with Crippen molar-refractivity contribution in [2.24, 2.45) is 0 Å². The summed E-state index contributed by atoms with van der Waals surface area (Å²) in [6.45, 7) is 1.67. The smallest absolute Gasteiger partial charge is 0.342 e. The Morgan fingerprint density at radius 2 is 2.00 bits per heavy atom. The maximum absolute atomic E-state index is 13.1. The molecule has 7 nitrogen and oxygen atoms in total. The van der Waals surface area contributed by atoms with Crippen LogP contribution in [0, 0.1) is 6.92 Å². The molecule has 0 aliphatic carbocycles. The van der Waals surface area contributed by atoms with E-state index in [1.807, 2.05) is 30.5 Å². The zero-order valence-corrected chi connectivity index (χ0v) is 18.7. The minimum absolute atomic E-state index is 0.191. The van der Waals surface area contributed by atoms with Crippen molar-refractivity contribution in [3.63, 3.8) is 0 Å². The molecule has 172 valence electrons. The molecule has 0 aliphatic rings. The monoisotopic (exact) mass is 474 g/mol. The van der Waals surface area contributed by atoms with Crippen LogP contribution in [0.1, 0.15) is 39.9 Å². The molecule has 0 saturated heterocycles. The largest absolute Gasteiger partial charge is 0.417 e. The Hall–Kier alpha value is -3.34. The van der Waals surface area contributed by atoms with Gasteiger partial charge < -0.3 is 10.3 Å². The topological polar surface area (TPSA) is 88.5 Å². The van der Waals surface area contributed by atoms with Gasteiger partial charge in [0.15, 0.2) is 5.82 Å². The molecule has 2 N–H and O–H groups in total. The van der Waals surface area contributed by atoms with E-state index in [9.17, 15) is 18.0 Å². The molecule has 4 rings (SSSR count). The molecule has 0 bridgehead atoms. The van der Waals surface area contributed by atoms with Gasteiger partial charge in [-0.3, -0.25) is 4.79 Å². The van der Waals surface area contributed by atoms with Gasteiger partial charge in [-0.25, -0.2) is 14.6 Å². The number of halogens is 3. The molecule has 1 atom stereocenters. The summed E-state index contributed by atoms with van der Waals surface area (Å²) in [5.41, 5.74) is 1.62. The number of carbonyl (C=O) groups excluding carboxylic acids is 1. The molecule has 33 heavy (non-hydrogen) atoms. The molecule has 1 unspecified atom stereocenters. The van der Waals surface area contributed by atoms with Gasteiger partial charge in [0.05, 0.1) is 40.1 Å². The number of rotatable bonds is 7. The Balaban J connectivity index is 1.57. The van der Waals surface area contributed by atoms with Crippen LogP contribution in [-0.4, -0.2) is 42.6 Å². The lowest BCUT2D eigenvalue weighted by Crippen LogP contribution is -2.30. The number of pyridine rings is 1. The Bertz CT molecular complexity index is 1230. The van der Waals surface area contributed by atoms with E-state index in [0.29, 0.717) is 23.5 Å². The van der Waals surface area contributed by atoms with Crippen molar-refractivity contribution in [1.29, 1.82) is 0 Å². The summed E-state index contributed by atoms with van der Waals surface area (Å²) in [7, 11) is 0. The van der Waals surface area contributed by atoms with Crippen molar-refractivity contribution in [1.82, 2.24) is 30.0 Å². The third-order valence-electron chi connectivity index (χ3n) is 5.20. The first-order valence-corrected chi connectivity index (χ1v) is 11.5. The van der Waals surface area contributed by atoms with Gasteiger partial charge in [-0.2, -0.15) is 30.0 Å². The van der Waals surface area contributed by atoms with Gasteiger partial charge in [0.25, 0.3) is 5.91 Å². The van der Waals surface area contributed by atoms with Crippen LogP contribution in [0.25, 0.3) is 16.9 Å². The lowest BCUT2D eigenvalue weighted by Gasteiger charge is -2.16. The molecule has 0 spiro atoms. The molecule has 3 aromatic heterocycles. The summed E-state index contributed by atoms with van der Waals surface area (Å²) in [5.74, 6) is 1.32. The number of nitrogens with one attached hydrogen (secondary N) is 2. The third-order valence-corrected chi connectivity index (χ3v) is 5.84. The highest BCUT2D eigenvalue weighted by Crippen LogP contribution is 2.29. The number of aromatic amines is 1. The van der Waals surface area contributed by atoms with Gasteiger partial charge in [-0.15, -0.1) is 0 Å². The minimum atomic E-state index is -4.47. The number of nitrogens with zero attached hydrogens (tertiary/aromatic N) is 4. The van der Waals surface area contributed by atoms with Crippen molar-refractivity contribution in [2.75, 3.05) is 12.0 Å². The first kappa shape index (κ1) is 22.8. The first-order chi connectivity index (χ1) is 15.8. The van der Waals surface area contributed by atoms with Crippen molar-refractivity contribution in [3.8, 4) is 5.82 Å². The second-order valence-corrected chi connectivity index (χ2v) is 8.39. The predicted octanol–water partition coefficient (Wildman–Crippen LogP) is 4.70. The fraction of sp³-hybridized carbons (Fsp3) is 0.273. The molecule has 0 aliphatic heterocycles. The normalized spacial score (nSPS) is 12.8. The summed E-state index contributed by atoms with van der Waals surface area (Å²) in [6, 6.07) is 9.44. The summed E-state index contributed by atoms with van der Waals surface area (Å²) in [5, 5.41) is 7.17. The zero-order valence-electron chi connectivity index (χ0n) is 17.8. The summed E-state index contributed by atoms with van der Waals surface area (Å²) in [4.78, 5) is 24.8. The number of para-hydroxylation sites is 2. The van der Waals surface area contributed by atoms with Crippen LogP contribution in [0.4, 0.5) is 13.2 Å². The molecular weight excluding hydrogens is 453 g/mol. The maximum atomic E-state index is 13.1. The van der Waals surface area contributed by atoms with Gasteiger partial charge in [0, 0.05) is 6.20 Å². The fourth-order valence-corrected chi connectivity index (χ4v) is 3.90. The second-order valence-electron chi connectivity index (χ2n) is 7.41. The number of H-pyrrole nitrogens is 1. The van der Waals surface area contributed by atoms with E-state index in [1.54, 1.807) is 18.7 Å². The fourth-order valence-electron chi connectivity index (χ4n) is 3.43. The Kier molecular flexibility index (Phi) is 6.41. The summed E-state index contributed by atoms with van der Waals surface area (Å²) in [6.07, 6.45) is 0.311. The number of thioether (sulfide) groups is 1. The van der Waals surface area contributed by atoms with Crippen molar-refractivity contribution in [3.05, 3.63) is 71.4 Å². The lowest BCUT2D eigenvalue weighted by molar-refractivity contribution is -0.137. The molecule has 0 radical (unpaired) electrons. The number of imidazole rings is 1. The Morgan fingerprint density at radius 3 is 2.67 bits per heavy atom. The van der Waals surface area contributed by atoms with Gasteiger partial charge >= 0.3 is 6.18 Å². The number of amides is 1. The number of hydrogen-bond acceptors (Lipinski definition) is 5. The number of carbonyl (C=O) groups is 1. The summed E-state index contributed by atoms with van der Waals surface area (Å²) < 4.78 is 39.8. The maximum Gasteiger partial charge on any atom is 0.417 e. The number of aromatic nitrogens is 5. The second kappa shape index (κ2) is 9.26. The van der Waals surface area contributed by atoms with E-state index >= 15 is 0 Å². The standard InChI is InChI=1S/C22H21F3N6OS/c1-13-15(12-27-31(13)19-8-7-14(11-26-19)22(23,24)25)21(32)30-18(9-10-33-2)20-28-16-5-3-4-6-17(16)29-20/h3-8,11-12,18H,9-10H2,1-2H3,(H,28,29)(H,30,32). The lowest BCUT2D eigenvalue weighted by atomic mass is 10.1. The predicted molar refractivity (Wildman–Crippen MR) is 120 cm³/mol. The highest BCUT2D eigenvalue weighted by atomic mass is 32.2. The van der Waals surface area contributed by atoms with Crippen LogP contribution in [0.2, 0.25) is 0 Å². The number of hydrogen-bond donors (Lipinski definition) is 2. The van der Waals surface area contributed by atoms with Crippen LogP contribution in [-0.2, 0) is 6.18 Å². The molecule has 3 heterocycles. The van der Waals surface area contributed by atoms with Crippen LogP contribution >= 0.6 is 11.8 Å². The quantitative estimate of drug-likeness (QED) is 0.406. The van der Waals surface area contributed by atoms with E-state index in [2.05, 4.69) is 25.4 Å². The number of fused-ring (bicyclic) bond motifs is 1. The van der Waals surface area contributed by atoms with Crippen LogP contribution in [0.3, 0.4) is 0 Å². The van der Waals surface area contributed by atoms with Gasteiger partial charge in [0.1, 0.15) is 5.82 Å². The molecular formula is C22H21F3N6OS. The molecule has 1 aromatic carbocycles. The SMILES string of the molecule is CSCCC(NC(=O)c1cnn(-c2ccc(C(F)(F)F)cn2)c1C)c1nc2ccccc2[nH]1.